The molecule has 0 saturated carbocycles. The van der Waals surface area contributed by atoms with E-state index in [2.05, 4.69) is 30.8 Å². The molecule has 0 unspecified atom stereocenters. The molecule has 1 atom stereocenters. The van der Waals surface area contributed by atoms with Gasteiger partial charge in [0.15, 0.2) is 5.82 Å². The van der Waals surface area contributed by atoms with Crippen LogP contribution in [0.3, 0.4) is 0 Å². The van der Waals surface area contributed by atoms with Crippen LogP contribution in [0.2, 0.25) is 0 Å². The fourth-order valence-corrected chi connectivity index (χ4v) is 2.77. The van der Waals surface area contributed by atoms with Crippen LogP contribution in [0, 0.1) is 6.92 Å². The summed E-state index contributed by atoms with van der Waals surface area (Å²) >= 11 is 0. The monoisotopic (exact) mass is 343 g/mol. The quantitative estimate of drug-likeness (QED) is 0.652. The Hall–Kier alpha value is -2.81. The number of aromatic nitrogens is 4. The number of H-pyrrole nitrogens is 1. The summed E-state index contributed by atoms with van der Waals surface area (Å²) in [6, 6.07) is 5.16. The normalized spacial score (nSPS) is 18.0. The van der Waals surface area contributed by atoms with Crippen molar-refractivity contribution < 1.29 is 9.59 Å². The molecule has 9 heteroatoms. The second kappa shape index (κ2) is 7.84. The molecular weight excluding hydrogens is 322 g/mol. The van der Waals surface area contributed by atoms with Crippen LogP contribution in [-0.2, 0) is 22.7 Å². The molecule has 3 rings (SSSR count). The minimum atomic E-state index is -0.510. The van der Waals surface area contributed by atoms with Crippen LogP contribution in [-0.4, -0.2) is 56.0 Å². The van der Waals surface area contributed by atoms with Gasteiger partial charge in [0.25, 0.3) is 0 Å². The predicted octanol–water partition coefficient (Wildman–Crippen LogP) is -0.485. The Morgan fingerprint density at radius 1 is 1.44 bits per heavy atom. The number of aryl methyl sites for hydroxylation is 1. The summed E-state index contributed by atoms with van der Waals surface area (Å²) < 4.78 is 0. The third-order valence-electron chi connectivity index (χ3n) is 4.00. The van der Waals surface area contributed by atoms with Gasteiger partial charge in [0.1, 0.15) is 5.82 Å². The van der Waals surface area contributed by atoms with Gasteiger partial charge in [0.05, 0.1) is 24.7 Å². The molecule has 2 aromatic rings. The second-order valence-electron chi connectivity index (χ2n) is 5.92. The zero-order valence-electron chi connectivity index (χ0n) is 14.0. The number of nitrogens with one attached hydrogen (secondary N) is 3. The van der Waals surface area contributed by atoms with Crippen LogP contribution in [0.5, 0.6) is 0 Å². The zero-order chi connectivity index (χ0) is 17.6. The highest BCUT2D eigenvalue weighted by atomic mass is 16.2. The Labute approximate surface area is 145 Å². The van der Waals surface area contributed by atoms with E-state index in [4.69, 9.17) is 0 Å². The van der Waals surface area contributed by atoms with E-state index < -0.39 is 6.04 Å². The first kappa shape index (κ1) is 17.0. The van der Waals surface area contributed by atoms with E-state index in [1.54, 1.807) is 13.1 Å². The number of pyridine rings is 1. The largest absolute Gasteiger partial charge is 0.353 e. The van der Waals surface area contributed by atoms with E-state index in [-0.39, 0.29) is 24.8 Å². The molecule has 2 amide bonds. The lowest BCUT2D eigenvalue weighted by Crippen LogP contribution is -2.56. The van der Waals surface area contributed by atoms with Gasteiger partial charge in [-0.2, -0.15) is 5.10 Å². The van der Waals surface area contributed by atoms with Crippen molar-refractivity contribution >= 4 is 11.8 Å². The standard InChI is InChI=1S/C16H21N7O2/c1-11-20-14(22-21-11)9-19-15(24)8-13-16(25)18-6-7-23(13)10-12-4-2-3-5-17-12/h2-5,13H,6-10H2,1H3,(H,18,25)(H,19,24)(H,20,21,22)/t13-/m0/s1. The SMILES string of the molecule is Cc1nc(CNC(=O)C[C@H]2C(=O)NCCN2Cc2ccccn2)n[nH]1. The minimum Gasteiger partial charge on any atom is -0.353 e. The molecule has 1 fully saturated rings. The molecule has 0 bridgehead atoms. The molecule has 3 N–H and O–H groups in total. The van der Waals surface area contributed by atoms with Crippen molar-refractivity contribution in [1.82, 2.24) is 35.7 Å². The highest BCUT2D eigenvalue weighted by Crippen LogP contribution is 2.12. The van der Waals surface area contributed by atoms with Gasteiger partial charge in [0, 0.05) is 25.8 Å². The van der Waals surface area contributed by atoms with Crippen molar-refractivity contribution in [2.45, 2.75) is 32.5 Å². The third kappa shape index (κ3) is 4.60. The van der Waals surface area contributed by atoms with Crippen LogP contribution < -0.4 is 10.6 Å². The van der Waals surface area contributed by atoms with E-state index in [0.717, 1.165) is 5.69 Å². The average molecular weight is 343 g/mol. The van der Waals surface area contributed by atoms with Crippen molar-refractivity contribution in [3.63, 3.8) is 0 Å². The summed E-state index contributed by atoms with van der Waals surface area (Å²) in [5.74, 6) is 0.864. The van der Waals surface area contributed by atoms with Crippen LogP contribution in [0.15, 0.2) is 24.4 Å². The lowest BCUT2D eigenvalue weighted by Gasteiger charge is -2.34. The number of piperazine rings is 1. The molecule has 0 aliphatic carbocycles. The van der Waals surface area contributed by atoms with Crippen LogP contribution in [0.4, 0.5) is 0 Å². The highest BCUT2D eigenvalue weighted by molar-refractivity contribution is 5.88. The van der Waals surface area contributed by atoms with Gasteiger partial charge in [-0.3, -0.25) is 24.6 Å². The first-order valence-corrected chi connectivity index (χ1v) is 8.18. The van der Waals surface area contributed by atoms with E-state index in [0.29, 0.717) is 31.3 Å². The summed E-state index contributed by atoms with van der Waals surface area (Å²) in [5.41, 5.74) is 0.874. The van der Waals surface area contributed by atoms with Gasteiger partial charge in [0.2, 0.25) is 11.8 Å². The van der Waals surface area contributed by atoms with Gasteiger partial charge in [-0.1, -0.05) is 6.07 Å². The maximum absolute atomic E-state index is 12.2. The molecule has 0 spiro atoms. The molecule has 25 heavy (non-hydrogen) atoms. The van der Waals surface area contributed by atoms with E-state index in [1.165, 1.54) is 0 Å². The number of rotatable bonds is 6. The Bertz CT molecular complexity index is 731. The van der Waals surface area contributed by atoms with Crippen LogP contribution >= 0.6 is 0 Å². The predicted molar refractivity (Wildman–Crippen MR) is 89.0 cm³/mol. The van der Waals surface area contributed by atoms with Crippen LogP contribution in [0.25, 0.3) is 0 Å². The Kier molecular flexibility index (Phi) is 5.34. The van der Waals surface area contributed by atoms with Gasteiger partial charge in [-0.05, 0) is 19.1 Å². The molecular formula is C16H21N7O2. The van der Waals surface area contributed by atoms with Gasteiger partial charge in [-0.15, -0.1) is 0 Å². The van der Waals surface area contributed by atoms with E-state index in [1.807, 2.05) is 23.1 Å². The molecule has 1 aliphatic rings. The Morgan fingerprint density at radius 2 is 2.32 bits per heavy atom. The molecule has 1 aliphatic heterocycles. The zero-order valence-corrected chi connectivity index (χ0v) is 14.0. The van der Waals surface area contributed by atoms with Gasteiger partial charge >= 0.3 is 0 Å². The average Bonchev–Trinajstić information content (AvgIpc) is 3.02. The number of aromatic amines is 1. The van der Waals surface area contributed by atoms with Crippen molar-refractivity contribution in [1.29, 1.82) is 0 Å². The van der Waals surface area contributed by atoms with Crippen LogP contribution in [0.1, 0.15) is 23.8 Å². The summed E-state index contributed by atoms with van der Waals surface area (Å²) in [7, 11) is 0. The summed E-state index contributed by atoms with van der Waals surface area (Å²) in [5, 5.41) is 12.3. The molecule has 1 saturated heterocycles. The number of amides is 2. The van der Waals surface area contributed by atoms with Gasteiger partial charge < -0.3 is 10.6 Å². The Balaban J connectivity index is 1.58. The summed E-state index contributed by atoms with van der Waals surface area (Å²) in [6.07, 6.45) is 1.81. The van der Waals surface area contributed by atoms with E-state index >= 15 is 0 Å². The van der Waals surface area contributed by atoms with Crippen molar-refractivity contribution in [3.8, 4) is 0 Å². The number of hydrogen-bond acceptors (Lipinski definition) is 6. The first-order chi connectivity index (χ1) is 12.1. The molecule has 9 nitrogen and oxygen atoms in total. The maximum Gasteiger partial charge on any atom is 0.237 e. The van der Waals surface area contributed by atoms with Crippen molar-refractivity contribution in [2.24, 2.45) is 0 Å². The summed E-state index contributed by atoms with van der Waals surface area (Å²) in [6.45, 7) is 3.81. The number of nitrogens with zero attached hydrogens (tertiary/aromatic N) is 4. The van der Waals surface area contributed by atoms with Gasteiger partial charge in [-0.25, -0.2) is 4.98 Å². The molecule has 3 heterocycles. The van der Waals surface area contributed by atoms with Crippen molar-refractivity contribution in [3.05, 3.63) is 41.7 Å². The third-order valence-corrected chi connectivity index (χ3v) is 4.00. The summed E-state index contributed by atoms with van der Waals surface area (Å²) in [4.78, 5) is 34.9. The lowest BCUT2D eigenvalue weighted by molar-refractivity contribution is -0.134. The first-order valence-electron chi connectivity index (χ1n) is 8.18. The molecule has 132 valence electrons. The molecule has 0 aromatic carbocycles. The molecule has 0 radical (unpaired) electrons. The smallest absolute Gasteiger partial charge is 0.237 e. The topological polar surface area (TPSA) is 116 Å². The maximum atomic E-state index is 12.2. The fraction of sp³-hybridized carbons (Fsp3) is 0.438. The highest BCUT2D eigenvalue weighted by Gasteiger charge is 2.31. The fourth-order valence-electron chi connectivity index (χ4n) is 2.77. The lowest BCUT2D eigenvalue weighted by atomic mass is 10.1. The minimum absolute atomic E-state index is 0.0854. The van der Waals surface area contributed by atoms with E-state index in [9.17, 15) is 9.59 Å². The molecule has 2 aromatic heterocycles. The number of carbonyl (C=O) groups is 2. The number of carbonyl (C=O) groups excluding carboxylic acids is 2. The Morgan fingerprint density at radius 3 is 3.04 bits per heavy atom. The van der Waals surface area contributed by atoms with Crippen molar-refractivity contribution in [2.75, 3.05) is 13.1 Å². The number of hydrogen-bond donors (Lipinski definition) is 3. The second-order valence-corrected chi connectivity index (χ2v) is 5.92.